The Morgan fingerprint density at radius 1 is 0.917 bits per heavy atom. The first kappa shape index (κ1) is 28.0. The zero-order valence-corrected chi connectivity index (χ0v) is 23.7. The first-order chi connectivity index (χ1) is 17.2. The summed E-state index contributed by atoms with van der Waals surface area (Å²) in [6.07, 6.45) is 6.67. The number of aromatic nitrogens is 2. The smallest absolute Gasteiger partial charge is 0.202 e. The third kappa shape index (κ3) is 7.23. The van der Waals surface area contributed by atoms with Crippen LogP contribution < -0.4 is 0 Å². The van der Waals surface area contributed by atoms with Crippen molar-refractivity contribution in [2.24, 2.45) is 0 Å². The molecule has 0 radical (unpaired) electrons. The summed E-state index contributed by atoms with van der Waals surface area (Å²) < 4.78 is 13.0. The van der Waals surface area contributed by atoms with E-state index in [0.29, 0.717) is 40.4 Å². The monoisotopic (exact) mass is 506 g/mol. The third-order valence-corrected chi connectivity index (χ3v) is 13.3. The van der Waals surface area contributed by atoms with E-state index in [4.69, 9.17) is 8.84 Å². The van der Waals surface area contributed by atoms with Crippen molar-refractivity contribution in [3.63, 3.8) is 0 Å². The number of pyridine rings is 1. The molecule has 3 rings (SSSR count). The second kappa shape index (κ2) is 13.1. The van der Waals surface area contributed by atoms with Crippen LogP contribution in [0.15, 0.2) is 65.3 Å². The Labute approximate surface area is 217 Å². The lowest BCUT2D eigenvalue weighted by molar-refractivity contribution is -0.120. The van der Waals surface area contributed by atoms with E-state index < -0.39 is 8.32 Å². The number of aryl methyl sites for hydroxylation is 1. The van der Waals surface area contributed by atoms with E-state index in [-0.39, 0.29) is 18.3 Å². The number of hydrogen-bond donors (Lipinski definition) is 0. The molecule has 0 aliphatic carbocycles. The maximum absolute atomic E-state index is 13.2. The van der Waals surface area contributed by atoms with E-state index in [9.17, 15) is 4.79 Å². The normalized spacial score (nSPS) is 13.0. The number of benzene rings is 1. The zero-order valence-electron chi connectivity index (χ0n) is 22.7. The highest BCUT2D eigenvalue weighted by Crippen LogP contribution is 2.43. The highest BCUT2D eigenvalue weighted by Gasteiger charge is 2.46. The number of carbonyl (C=O) groups excluding carboxylic acids is 1. The van der Waals surface area contributed by atoms with Gasteiger partial charge in [-0.2, -0.15) is 0 Å². The van der Waals surface area contributed by atoms with Crippen LogP contribution in [0.4, 0.5) is 0 Å². The third-order valence-electron chi connectivity index (χ3n) is 7.19. The molecule has 1 aromatic carbocycles. The Morgan fingerprint density at radius 2 is 1.58 bits per heavy atom. The summed E-state index contributed by atoms with van der Waals surface area (Å²) in [4.78, 5) is 21.9. The molecule has 0 saturated carbocycles. The van der Waals surface area contributed by atoms with Crippen LogP contribution in [0.2, 0.25) is 16.6 Å². The molecule has 0 bridgehead atoms. The van der Waals surface area contributed by atoms with Gasteiger partial charge in [-0.25, -0.2) is 4.98 Å². The van der Waals surface area contributed by atoms with Crippen LogP contribution in [0.25, 0.3) is 11.5 Å². The Kier molecular flexibility index (Phi) is 10.2. The first-order valence-electron chi connectivity index (χ1n) is 13.3. The van der Waals surface area contributed by atoms with E-state index in [1.54, 1.807) is 12.4 Å². The van der Waals surface area contributed by atoms with Crippen LogP contribution >= 0.6 is 0 Å². The minimum atomic E-state index is -2.12. The van der Waals surface area contributed by atoms with Crippen molar-refractivity contribution in [1.29, 1.82) is 0 Å². The van der Waals surface area contributed by atoms with Crippen molar-refractivity contribution in [2.45, 2.75) is 96.4 Å². The van der Waals surface area contributed by atoms with Crippen LogP contribution in [-0.4, -0.2) is 30.2 Å². The number of nitrogens with zero attached hydrogens (tertiary/aromatic N) is 2. The van der Waals surface area contributed by atoms with E-state index in [0.717, 1.165) is 19.3 Å². The summed E-state index contributed by atoms with van der Waals surface area (Å²) in [5.74, 6) is 1.12. The van der Waals surface area contributed by atoms with Crippen molar-refractivity contribution < 1.29 is 13.6 Å². The number of rotatable bonds is 14. The van der Waals surface area contributed by atoms with Crippen LogP contribution in [0.5, 0.6) is 0 Å². The fourth-order valence-corrected chi connectivity index (χ4v) is 11.2. The van der Waals surface area contributed by atoms with Crippen LogP contribution in [-0.2, 0) is 22.1 Å². The summed E-state index contributed by atoms with van der Waals surface area (Å²) in [6, 6.07) is 16.2. The summed E-state index contributed by atoms with van der Waals surface area (Å²) in [5.41, 5.74) is 3.45. The van der Waals surface area contributed by atoms with E-state index >= 15 is 0 Å². The van der Waals surface area contributed by atoms with Gasteiger partial charge < -0.3 is 8.84 Å². The SMILES string of the molecule is CC(C)[Si](OC(CCCc1ccccc1)CC(=O)Cc1ncc(-c2ccccn2)o1)(C(C)C)C(C)C. The van der Waals surface area contributed by atoms with Gasteiger partial charge in [-0.3, -0.25) is 9.78 Å². The molecule has 6 heteroatoms. The minimum absolute atomic E-state index is 0.0923. The maximum Gasteiger partial charge on any atom is 0.202 e. The number of ketones is 1. The Bertz CT molecular complexity index is 1040. The molecule has 0 aliphatic heterocycles. The van der Waals surface area contributed by atoms with Crippen molar-refractivity contribution in [3.05, 3.63) is 72.4 Å². The molecule has 194 valence electrons. The van der Waals surface area contributed by atoms with Crippen LogP contribution in [0.3, 0.4) is 0 Å². The average molecular weight is 507 g/mol. The number of Topliss-reactive ketones (excluding diaryl/α,β-unsaturated/α-hetero) is 1. The largest absolute Gasteiger partial charge is 0.439 e. The van der Waals surface area contributed by atoms with Gasteiger partial charge in [0.25, 0.3) is 0 Å². The second-order valence-corrected chi connectivity index (χ2v) is 16.1. The standard InChI is InChI=1S/C30H42N2O3Si/c1-22(2)36(23(3)4,24(5)6)35-27(16-12-15-25-13-8-7-9-14-25)19-26(33)20-30-32-21-29(34-30)28-17-10-11-18-31-28/h7-11,13-14,17-18,21-24,27H,12,15-16,19-20H2,1-6H3. The highest BCUT2D eigenvalue weighted by molar-refractivity contribution is 6.77. The predicted octanol–water partition coefficient (Wildman–Crippen LogP) is 7.82. The highest BCUT2D eigenvalue weighted by atomic mass is 28.4. The molecular formula is C30H42N2O3Si. The van der Waals surface area contributed by atoms with Gasteiger partial charge in [0.05, 0.1) is 18.7 Å². The van der Waals surface area contributed by atoms with Crippen molar-refractivity contribution in [1.82, 2.24) is 9.97 Å². The van der Waals surface area contributed by atoms with Gasteiger partial charge in [-0.05, 0) is 53.6 Å². The van der Waals surface area contributed by atoms with Gasteiger partial charge in [0.15, 0.2) is 5.76 Å². The van der Waals surface area contributed by atoms with E-state index in [1.165, 1.54) is 5.56 Å². The molecule has 0 N–H and O–H groups in total. The lowest BCUT2D eigenvalue weighted by Crippen LogP contribution is -2.50. The first-order valence-corrected chi connectivity index (χ1v) is 15.5. The second-order valence-electron chi connectivity index (χ2n) is 10.7. The van der Waals surface area contributed by atoms with Crippen molar-refractivity contribution in [3.8, 4) is 11.5 Å². The summed E-state index contributed by atoms with van der Waals surface area (Å²) >= 11 is 0. The lowest BCUT2D eigenvalue weighted by Gasteiger charge is -2.44. The molecule has 5 nitrogen and oxygen atoms in total. The predicted molar refractivity (Wildman–Crippen MR) is 148 cm³/mol. The summed E-state index contributed by atoms with van der Waals surface area (Å²) in [5, 5.41) is 0. The van der Waals surface area contributed by atoms with Gasteiger partial charge in [-0.1, -0.05) is 77.9 Å². The van der Waals surface area contributed by atoms with Gasteiger partial charge >= 0.3 is 0 Å². The van der Waals surface area contributed by atoms with Crippen molar-refractivity contribution >= 4 is 14.1 Å². The van der Waals surface area contributed by atoms with Crippen molar-refractivity contribution in [2.75, 3.05) is 0 Å². The summed E-state index contributed by atoms with van der Waals surface area (Å²) in [6.45, 7) is 13.8. The van der Waals surface area contributed by atoms with Gasteiger partial charge in [0.1, 0.15) is 11.5 Å². The Hall–Kier alpha value is -2.57. The molecule has 0 saturated heterocycles. The molecule has 0 aliphatic rings. The topological polar surface area (TPSA) is 65.2 Å². The molecule has 0 spiro atoms. The number of oxazole rings is 1. The van der Waals surface area contributed by atoms with Gasteiger partial charge in [0, 0.05) is 12.6 Å². The molecule has 2 heterocycles. The molecule has 2 aromatic heterocycles. The molecule has 0 amide bonds. The quantitative estimate of drug-likeness (QED) is 0.209. The van der Waals surface area contributed by atoms with Crippen LogP contribution in [0.1, 0.15) is 72.3 Å². The molecule has 0 fully saturated rings. The van der Waals surface area contributed by atoms with Crippen LogP contribution in [0, 0.1) is 0 Å². The fraction of sp³-hybridized carbons (Fsp3) is 0.500. The molecular weight excluding hydrogens is 464 g/mol. The molecule has 36 heavy (non-hydrogen) atoms. The minimum Gasteiger partial charge on any atom is -0.439 e. The van der Waals surface area contributed by atoms with E-state index in [1.807, 2.05) is 24.3 Å². The molecule has 1 unspecified atom stereocenters. The molecule has 1 atom stereocenters. The summed E-state index contributed by atoms with van der Waals surface area (Å²) in [7, 11) is -2.12. The maximum atomic E-state index is 13.2. The zero-order chi connectivity index (χ0) is 26.1. The van der Waals surface area contributed by atoms with Gasteiger partial charge in [0.2, 0.25) is 14.2 Å². The fourth-order valence-electron chi connectivity index (χ4n) is 5.59. The molecule has 3 aromatic rings. The number of hydrogen-bond acceptors (Lipinski definition) is 5. The average Bonchev–Trinajstić information content (AvgIpc) is 3.31. The lowest BCUT2D eigenvalue weighted by atomic mass is 10.0. The number of carbonyl (C=O) groups is 1. The van der Waals surface area contributed by atoms with Gasteiger partial charge in [-0.15, -0.1) is 0 Å². The Balaban J connectivity index is 1.72. The Morgan fingerprint density at radius 3 is 2.19 bits per heavy atom. The van der Waals surface area contributed by atoms with E-state index in [2.05, 4.69) is 75.8 Å².